The van der Waals surface area contributed by atoms with Crippen molar-refractivity contribution in [2.45, 2.75) is 20.5 Å². The maximum Gasteiger partial charge on any atom is 0.235 e. The zero-order valence-electron chi connectivity index (χ0n) is 14.9. The third kappa shape index (κ3) is 3.12. The van der Waals surface area contributed by atoms with E-state index in [2.05, 4.69) is 0 Å². The number of hydrogen-bond acceptors (Lipinski definition) is 4. The molecule has 0 aliphatic rings. The van der Waals surface area contributed by atoms with Crippen molar-refractivity contribution in [2.24, 2.45) is 0 Å². The van der Waals surface area contributed by atoms with Crippen LogP contribution in [0.1, 0.15) is 16.7 Å². The number of hydrogen-bond donors (Lipinski definition) is 0. The van der Waals surface area contributed by atoms with Gasteiger partial charge in [-0.1, -0.05) is 24.3 Å². The molecule has 0 fully saturated rings. The molecule has 27 heavy (non-hydrogen) atoms. The minimum atomic E-state index is -0.395. The van der Waals surface area contributed by atoms with Crippen LogP contribution in [0.4, 0.5) is 4.39 Å². The molecule has 0 aliphatic heterocycles. The van der Waals surface area contributed by atoms with Crippen LogP contribution in [-0.2, 0) is 6.61 Å². The summed E-state index contributed by atoms with van der Waals surface area (Å²) in [6, 6.07) is 13.4. The van der Waals surface area contributed by atoms with Gasteiger partial charge in [0.25, 0.3) is 0 Å². The van der Waals surface area contributed by atoms with Crippen LogP contribution < -0.4 is 10.2 Å². The number of benzene rings is 2. The van der Waals surface area contributed by atoms with Crippen molar-refractivity contribution in [1.29, 1.82) is 0 Å². The second-order valence-corrected chi connectivity index (χ2v) is 6.41. The molecule has 0 spiro atoms. The number of halogens is 1. The van der Waals surface area contributed by atoms with Crippen molar-refractivity contribution in [2.75, 3.05) is 0 Å². The third-order valence-electron chi connectivity index (χ3n) is 4.35. The van der Waals surface area contributed by atoms with E-state index in [1.807, 2.05) is 19.9 Å². The summed E-state index contributed by atoms with van der Waals surface area (Å²) in [4.78, 5) is 13.1. The Balaban J connectivity index is 1.89. The van der Waals surface area contributed by atoms with Gasteiger partial charge < -0.3 is 13.6 Å². The van der Waals surface area contributed by atoms with E-state index in [1.54, 1.807) is 36.4 Å². The van der Waals surface area contributed by atoms with E-state index in [0.29, 0.717) is 22.3 Å². The first-order valence-electron chi connectivity index (χ1n) is 8.52. The van der Waals surface area contributed by atoms with Gasteiger partial charge in [0.2, 0.25) is 16.9 Å². The Labute approximate surface area is 154 Å². The Morgan fingerprint density at radius 2 is 1.89 bits per heavy atom. The lowest BCUT2D eigenvalue weighted by Crippen LogP contribution is -2.11. The minimum Gasteiger partial charge on any atom is -0.481 e. The van der Waals surface area contributed by atoms with Gasteiger partial charge in [-0.15, -0.1) is 0 Å². The molecule has 0 aliphatic carbocycles. The van der Waals surface area contributed by atoms with E-state index >= 15 is 0 Å². The van der Waals surface area contributed by atoms with Gasteiger partial charge in [-0.2, -0.15) is 0 Å². The van der Waals surface area contributed by atoms with Gasteiger partial charge >= 0.3 is 0 Å². The molecule has 0 bridgehead atoms. The Morgan fingerprint density at radius 3 is 2.63 bits per heavy atom. The van der Waals surface area contributed by atoms with Crippen LogP contribution in [0.15, 0.2) is 68.4 Å². The lowest BCUT2D eigenvalue weighted by atomic mass is 10.1. The summed E-state index contributed by atoms with van der Waals surface area (Å²) < 4.78 is 31.1. The molecule has 0 radical (unpaired) electrons. The summed E-state index contributed by atoms with van der Waals surface area (Å²) in [5, 5.41) is 0.423. The quantitative estimate of drug-likeness (QED) is 0.487. The fraction of sp³-hybridized carbons (Fsp3) is 0.136. The van der Waals surface area contributed by atoms with Gasteiger partial charge in [-0.25, -0.2) is 4.39 Å². The molecule has 136 valence electrons. The number of fused-ring (bicyclic) bond motifs is 1. The first-order valence-corrected chi connectivity index (χ1v) is 8.52. The molecule has 2 heterocycles. The normalized spacial score (nSPS) is 11.1. The topological polar surface area (TPSA) is 52.6 Å². The highest BCUT2D eigenvalue weighted by molar-refractivity contribution is 5.84. The maximum absolute atomic E-state index is 13.9. The van der Waals surface area contributed by atoms with E-state index < -0.39 is 5.82 Å². The fourth-order valence-corrected chi connectivity index (χ4v) is 3.10. The van der Waals surface area contributed by atoms with Gasteiger partial charge in [0, 0.05) is 5.56 Å². The van der Waals surface area contributed by atoms with Crippen LogP contribution in [-0.4, -0.2) is 0 Å². The van der Waals surface area contributed by atoms with Gasteiger partial charge in [0.15, 0.2) is 5.76 Å². The Bertz CT molecular complexity index is 1170. The molecular formula is C22H17FO4. The second kappa shape index (κ2) is 6.76. The lowest BCUT2D eigenvalue weighted by Gasteiger charge is -2.12. The highest BCUT2D eigenvalue weighted by Crippen LogP contribution is 2.33. The van der Waals surface area contributed by atoms with E-state index in [1.165, 1.54) is 12.3 Å². The third-order valence-corrected chi connectivity index (χ3v) is 4.35. The van der Waals surface area contributed by atoms with Gasteiger partial charge in [-0.3, -0.25) is 4.79 Å². The molecule has 4 aromatic rings. The van der Waals surface area contributed by atoms with Crippen LogP contribution in [0, 0.1) is 19.7 Å². The predicted octanol–water partition coefficient (Wildman–Crippen LogP) is 5.39. The summed E-state index contributed by atoms with van der Waals surface area (Å²) >= 11 is 0. The van der Waals surface area contributed by atoms with Crippen LogP contribution in [0.3, 0.4) is 0 Å². The zero-order valence-corrected chi connectivity index (χ0v) is 14.9. The van der Waals surface area contributed by atoms with Crippen molar-refractivity contribution in [3.05, 3.63) is 87.5 Å². The van der Waals surface area contributed by atoms with Gasteiger partial charge in [0.1, 0.15) is 18.0 Å². The molecule has 4 rings (SSSR count). The van der Waals surface area contributed by atoms with Gasteiger partial charge in [-0.05, 0) is 49.2 Å². The van der Waals surface area contributed by atoms with Crippen LogP contribution >= 0.6 is 0 Å². The number of ether oxygens (including phenoxy) is 1. The zero-order chi connectivity index (χ0) is 19.0. The Morgan fingerprint density at radius 1 is 1.07 bits per heavy atom. The maximum atomic E-state index is 13.9. The van der Waals surface area contributed by atoms with Gasteiger partial charge in [0.05, 0.1) is 11.6 Å². The standard InChI is InChI=1S/C22H17FO4/c1-13-10-14(2)20-16(11-13)19(24)22(21(27-20)18-8-5-9-25-18)26-12-15-6-3-4-7-17(15)23/h3-11H,12H2,1-2H3. The molecule has 5 heteroatoms. The van der Waals surface area contributed by atoms with E-state index in [-0.39, 0.29) is 23.5 Å². The Kier molecular flexibility index (Phi) is 4.28. The molecular weight excluding hydrogens is 347 g/mol. The van der Waals surface area contributed by atoms with Crippen molar-refractivity contribution in [3.63, 3.8) is 0 Å². The summed E-state index contributed by atoms with van der Waals surface area (Å²) in [5.41, 5.74) is 2.30. The minimum absolute atomic E-state index is 0.00528. The molecule has 2 aromatic heterocycles. The average molecular weight is 364 g/mol. The SMILES string of the molecule is Cc1cc(C)c2oc(-c3ccco3)c(OCc3ccccc3F)c(=O)c2c1. The second-order valence-electron chi connectivity index (χ2n) is 6.41. The average Bonchev–Trinajstić information content (AvgIpc) is 3.17. The van der Waals surface area contributed by atoms with Crippen LogP contribution in [0.5, 0.6) is 5.75 Å². The van der Waals surface area contributed by atoms with Crippen LogP contribution in [0.2, 0.25) is 0 Å². The van der Waals surface area contributed by atoms with Crippen LogP contribution in [0.25, 0.3) is 22.5 Å². The molecule has 0 saturated heterocycles. The molecule has 4 nitrogen and oxygen atoms in total. The van der Waals surface area contributed by atoms with Crippen molar-refractivity contribution in [3.8, 4) is 17.3 Å². The largest absolute Gasteiger partial charge is 0.481 e. The summed E-state index contributed by atoms with van der Waals surface area (Å²) in [6.45, 7) is 3.69. The predicted molar refractivity (Wildman–Crippen MR) is 100 cm³/mol. The molecule has 0 amide bonds. The smallest absolute Gasteiger partial charge is 0.235 e. The van der Waals surface area contributed by atoms with E-state index in [0.717, 1.165) is 11.1 Å². The first kappa shape index (κ1) is 17.1. The number of aryl methyl sites for hydroxylation is 2. The monoisotopic (exact) mass is 364 g/mol. The summed E-state index contributed by atoms with van der Waals surface area (Å²) in [5.74, 6) is 0.179. The molecule has 0 saturated carbocycles. The molecule has 0 unspecified atom stereocenters. The molecule has 2 aromatic carbocycles. The highest BCUT2D eigenvalue weighted by atomic mass is 19.1. The highest BCUT2D eigenvalue weighted by Gasteiger charge is 2.21. The fourth-order valence-electron chi connectivity index (χ4n) is 3.10. The van der Waals surface area contributed by atoms with Crippen molar-refractivity contribution in [1.82, 2.24) is 0 Å². The molecule has 0 atom stereocenters. The molecule has 0 N–H and O–H groups in total. The van der Waals surface area contributed by atoms with Crippen molar-refractivity contribution >= 4 is 11.0 Å². The summed E-state index contributed by atoms with van der Waals surface area (Å²) in [6.07, 6.45) is 1.49. The van der Waals surface area contributed by atoms with Crippen molar-refractivity contribution < 1.29 is 18.0 Å². The van der Waals surface area contributed by atoms with E-state index in [9.17, 15) is 9.18 Å². The lowest BCUT2D eigenvalue weighted by molar-refractivity contribution is 0.290. The Hall–Kier alpha value is -3.34. The first-order chi connectivity index (χ1) is 13.0. The number of furan rings is 1. The van der Waals surface area contributed by atoms with E-state index in [4.69, 9.17) is 13.6 Å². The number of rotatable bonds is 4. The summed E-state index contributed by atoms with van der Waals surface area (Å²) in [7, 11) is 0.